The van der Waals surface area contributed by atoms with Crippen LogP contribution in [-0.2, 0) is 0 Å². The quantitative estimate of drug-likeness (QED) is 0.455. The minimum Gasteiger partial charge on any atom is -0.380 e. The minimum absolute atomic E-state index is 0.262. The van der Waals surface area contributed by atoms with Crippen LogP contribution in [0, 0.1) is 0 Å². The van der Waals surface area contributed by atoms with Crippen LogP contribution in [0.5, 0.6) is 0 Å². The second-order valence-corrected chi connectivity index (χ2v) is 21.0. The lowest BCUT2D eigenvalue weighted by molar-refractivity contribution is 0.808. The van der Waals surface area contributed by atoms with E-state index in [1.807, 2.05) is 0 Å². The summed E-state index contributed by atoms with van der Waals surface area (Å²) < 4.78 is 3.23. The Labute approximate surface area is 115 Å². The average molecular weight is 308 g/mol. The summed E-state index contributed by atoms with van der Waals surface area (Å²) >= 11 is 0. The lowest BCUT2D eigenvalue weighted by Crippen LogP contribution is -2.44. The maximum Gasteiger partial charge on any atom is 0.0972 e. The van der Waals surface area contributed by atoms with Crippen LogP contribution in [-0.4, -0.2) is 52.7 Å². The molecule has 0 fully saturated rings. The Bertz CT molecular complexity index is 133. The molecule has 0 atom stereocenters. The van der Waals surface area contributed by atoms with Crippen molar-refractivity contribution < 1.29 is 0 Å². The van der Waals surface area contributed by atoms with E-state index < -0.39 is 8.96 Å². The topological polar surface area (TPSA) is 3.24 Å². The lowest BCUT2D eigenvalue weighted by atomic mass is 10.4. The Hall–Kier alpha value is 1.04. The zero-order valence-electron chi connectivity index (χ0n) is 12.1. The molecule has 0 aliphatic heterocycles. The van der Waals surface area contributed by atoms with Gasteiger partial charge < -0.3 is 3.90 Å². The first-order chi connectivity index (χ1) is 7.79. The van der Waals surface area contributed by atoms with Crippen LogP contribution in [0.4, 0.5) is 0 Å². The van der Waals surface area contributed by atoms with Gasteiger partial charge in [0.15, 0.2) is 0 Å². The van der Waals surface area contributed by atoms with Gasteiger partial charge in [-0.2, -0.15) is 0 Å². The summed E-state index contributed by atoms with van der Waals surface area (Å²) in [6.07, 6.45) is 5.91. The van der Waals surface area contributed by atoms with Crippen LogP contribution in [0.3, 0.4) is 0 Å². The first kappa shape index (κ1) is 17.0. The van der Waals surface area contributed by atoms with Crippen molar-refractivity contribution in [1.29, 1.82) is 0 Å². The van der Waals surface area contributed by atoms with E-state index >= 15 is 0 Å². The van der Waals surface area contributed by atoms with Crippen molar-refractivity contribution in [2.45, 2.75) is 63.0 Å². The number of nitrogens with zero attached hydrogens (tertiary/aromatic N) is 1. The number of hydrogen-bond donors (Lipinski definition) is 0. The third-order valence-electron chi connectivity index (χ3n) is 3.32. The standard InChI is InChI=1S/C10H33NSi5/c1-3-5-7-16(8-6-4-2)11(14-9-12)15-10-13/h16H,3-10,14-15H2,1-2,12-13H3. The molecule has 0 aromatic carbocycles. The summed E-state index contributed by atoms with van der Waals surface area (Å²) in [4.78, 5) is 0. The summed E-state index contributed by atoms with van der Waals surface area (Å²) in [7, 11) is 3.06. The summed E-state index contributed by atoms with van der Waals surface area (Å²) in [5.74, 6) is 0. The molecular weight excluding hydrogens is 275 g/mol. The molecule has 0 radical (unpaired) electrons. The van der Waals surface area contributed by atoms with Crippen LogP contribution in [0.25, 0.3) is 0 Å². The molecule has 0 rings (SSSR count). The van der Waals surface area contributed by atoms with Crippen LogP contribution < -0.4 is 0 Å². The molecule has 0 aliphatic carbocycles. The Kier molecular flexibility index (Phi) is 13.3. The van der Waals surface area contributed by atoms with Crippen molar-refractivity contribution in [3.8, 4) is 0 Å². The second kappa shape index (κ2) is 12.5. The van der Waals surface area contributed by atoms with Crippen molar-refractivity contribution in [2.75, 3.05) is 0 Å². The lowest BCUT2D eigenvalue weighted by Gasteiger charge is -2.30. The molecule has 0 saturated carbocycles. The van der Waals surface area contributed by atoms with E-state index in [2.05, 4.69) is 17.7 Å². The summed E-state index contributed by atoms with van der Waals surface area (Å²) in [5.41, 5.74) is 3.33. The van der Waals surface area contributed by atoms with Crippen molar-refractivity contribution in [3.63, 3.8) is 0 Å². The van der Waals surface area contributed by atoms with Crippen LogP contribution >= 0.6 is 0 Å². The largest absolute Gasteiger partial charge is 0.380 e. The average Bonchev–Trinajstić information content (AvgIpc) is 2.29. The van der Waals surface area contributed by atoms with E-state index in [-0.39, 0.29) is 19.4 Å². The maximum atomic E-state index is 3.23. The van der Waals surface area contributed by atoms with E-state index in [0.717, 1.165) is 0 Å². The highest BCUT2D eigenvalue weighted by atomic mass is 28.4. The third kappa shape index (κ3) is 8.18. The molecule has 16 heavy (non-hydrogen) atoms. The maximum absolute atomic E-state index is 3.23. The van der Waals surface area contributed by atoms with Crippen LogP contribution in [0.15, 0.2) is 0 Å². The normalized spacial score (nSPS) is 13.5. The van der Waals surface area contributed by atoms with Gasteiger partial charge >= 0.3 is 0 Å². The molecule has 1 nitrogen and oxygen atoms in total. The SMILES string of the molecule is CCCC[SiH](CCCC)N([SiH2]C[SiH3])[SiH2]C[SiH3]. The fourth-order valence-electron chi connectivity index (χ4n) is 2.44. The van der Waals surface area contributed by atoms with E-state index in [1.54, 1.807) is 23.4 Å². The molecule has 0 N–H and O–H groups in total. The molecule has 0 saturated heterocycles. The molecule has 98 valence electrons. The highest BCUT2D eigenvalue weighted by Gasteiger charge is 2.17. The summed E-state index contributed by atoms with van der Waals surface area (Å²) in [5, 5.41) is 0. The van der Waals surface area contributed by atoms with Crippen LogP contribution in [0.1, 0.15) is 39.5 Å². The van der Waals surface area contributed by atoms with Gasteiger partial charge in [0.05, 0.1) is 28.3 Å². The van der Waals surface area contributed by atoms with Crippen LogP contribution in [0.2, 0.25) is 23.4 Å². The Morgan fingerprint density at radius 3 is 1.69 bits per heavy atom. The molecule has 0 unspecified atom stereocenters. The predicted molar refractivity (Wildman–Crippen MR) is 95.0 cm³/mol. The predicted octanol–water partition coefficient (Wildman–Crippen LogP) is -0.738. The molecule has 6 heteroatoms. The molecule has 0 bridgehead atoms. The molecular formula is C10H33NSi5. The number of rotatable bonds is 11. The van der Waals surface area contributed by atoms with E-state index in [9.17, 15) is 0 Å². The summed E-state index contributed by atoms with van der Waals surface area (Å²) in [6.45, 7) is 4.73. The fourth-order valence-corrected chi connectivity index (χ4v) is 26.2. The molecule has 0 aromatic rings. The van der Waals surface area contributed by atoms with Gasteiger partial charge in [-0.05, 0) is 12.1 Å². The molecule has 0 aromatic heterocycles. The minimum atomic E-state index is -0.418. The van der Waals surface area contributed by atoms with Gasteiger partial charge in [-0.25, -0.2) is 0 Å². The highest BCUT2D eigenvalue weighted by molar-refractivity contribution is 6.77. The molecule has 0 aliphatic rings. The van der Waals surface area contributed by atoms with Crippen molar-refractivity contribution in [3.05, 3.63) is 0 Å². The Morgan fingerprint density at radius 2 is 1.38 bits per heavy atom. The number of unbranched alkanes of at least 4 members (excludes halogenated alkanes) is 2. The zero-order chi connectivity index (χ0) is 12.2. The molecule has 0 heterocycles. The molecule has 0 spiro atoms. The number of hydrogen-bond acceptors (Lipinski definition) is 1. The van der Waals surface area contributed by atoms with E-state index in [0.29, 0.717) is 0 Å². The first-order valence-corrected chi connectivity index (χ1v) is 15.8. The highest BCUT2D eigenvalue weighted by Crippen LogP contribution is 2.13. The van der Waals surface area contributed by atoms with E-state index in [4.69, 9.17) is 0 Å². The zero-order valence-corrected chi connectivity index (χ0v) is 20.1. The van der Waals surface area contributed by atoms with Gasteiger partial charge in [-0.15, -0.1) is 0 Å². The van der Waals surface area contributed by atoms with E-state index in [1.165, 1.54) is 46.2 Å². The van der Waals surface area contributed by atoms with Crippen molar-refractivity contribution in [2.24, 2.45) is 0 Å². The molecule has 0 amide bonds. The monoisotopic (exact) mass is 307 g/mol. The first-order valence-electron chi connectivity index (χ1n) is 7.54. The van der Waals surface area contributed by atoms with Gasteiger partial charge in [-0.1, -0.05) is 50.9 Å². The van der Waals surface area contributed by atoms with Gasteiger partial charge in [0.1, 0.15) is 0 Å². The van der Waals surface area contributed by atoms with Gasteiger partial charge in [0.25, 0.3) is 0 Å². The smallest absolute Gasteiger partial charge is 0.0972 e. The second-order valence-electron chi connectivity index (χ2n) is 4.97. The third-order valence-corrected chi connectivity index (χ3v) is 17.8. The fraction of sp³-hybridized carbons (Fsp3) is 1.00. The summed E-state index contributed by atoms with van der Waals surface area (Å²) in [6, 6.07) is 3.30. The Morgan fingerprint density at radius 1 is 0.938 bits per heavy atom. The van der Waals surface area contributed by atoms with Gasteiger partial charge in [0, 0.05) is 20.5 Å². The van der Waals surface area contributed by atoms with Gasteiger partial charge in [0.2, 0.25) is 0 Å². The van der Waals surface area contributed by atoms with Crippen molar-refractivity contribution in [1.82, 2.24) is 3.90 Å². The Balaban J connectivity index is 4.15. The van der Waals surface area contributed by atoms with Gasteiger partial charge in [-0.3, -0.25) is 0 Å². The van der Waals surface area contributed by atoms with Crippen molar-refractivity contribution >= 4 is 48.8 Å².